The second-order valence-electron chi connectivity index (χ2n) is 11.8. The normalized spacial score (nSPS) is 26.6. The average molecular weight is 676 g/mol. The van der Waals surface area contributed by atoms with E-state index in [0.717, 1.165) is 16.9 Å². The van der Waals surface area contributed by atoms with E-state index in [9.17, 15) is 15.1 Å². The van der Waals surface area contributed by atoms with Gasteiger partial charge in [-0.25, -0.2) is 9.59 Å². The first-order valence-corrected chi connectivity index (χ1v) is 16.1. The average Bonchev–Trinajstić information content (AvgIpc) is 3.13. The van der Waals surface area contributed by atoms with Gasteiger partial charge >= 0.3 is 11.9 Å². The molecule has 0 aromatic heterocycles. The second-order valence-corrected chi connectivity index (χ2v) is 11.8. The summed E-state index contributed by atoms with van der Waals surface area (Å²) in [6.45, 7) is 2.45. The van der Waals surface area contributed by atoms with Gasteiger partial charge in [0.2, 0.25) is 0 Å². The first-order valence-electron chi connectivity index (χ1n) is 16.1. The molecular weight excluding hydrogens is 634 g/mol. The highest BCUT2D eigenvalue weighted by Gasteiger charge is 2.51. The molecule has 8 atom stereocenters. The van der Waals surface area contributed by atoms with E-state index >= 15 is 0 Å². The van der Waals surface area contributed by atoms with Crippen molar-refractivity contribution in [2.24, 2.45) is 11.0 Å². The Kier molecular flexibility index (Phi) is 13.0. The van der Waals surface area contributed by atoms with Gasteiger partial charge in [-0.15, -0.1) is 0 Å². The van der Waals surface area contributed by atoms with Gasteiger partial charge < -0.3 is 37.9 Å². The van der Waals surface area contributed by atoms with E-state index in [4.69, 9.17) is 37.9 Å². The van der Waals surface area contributed by atoms with Crippen molar-refractivity contribution >= 4 is 11.9 Å². The highest BCUT2D eigenvalue weighted by atomic mass is 16.7. The summed E-state index contributed by atoms with van der Waals surface area (Å²) in [4.78, 5) is 29.3. The van der Waals surface area contributed by atoms with Gasteiger partial charge in [-0.3, -0.25) is 0 Å². The number of hydrogen-bond donors (Lipinski definition) is 0. The third-order valence-corrected chi connectivity index (χ3v) is 8.45. The lowest BCUT2D eigenvalue weighted by Gasteiger charge is -2.45. The Labute approximate surface area is 284 Å². The number of azide groups is 1. The molecule has 8 unspecified atom stereocenters. The largest absolute Gasteiger partial charge is 0.497 e. The van der Waals surface area contributed by atoms with E-state index in [1.807, 2.05) is 61.5 Å². The molecule has 2 fully saturated rings. The standard InChI is InChI=1S/C36H41N3O10/c1-23-18-28(21-44-19-25-14-16-27(42-2)17-15-25)47-36(30(23)38-39-37)49-32-31(45-20-24-10-6-4-7-11-24)29(22-46-33(32)35(41)43-3)48-34(40)26-12-8-5-9-13-26/h4-17,23,28-33,36H,18-22H2,1-3H3. The molecular formula is C36H41N3O10. The zero-order valence-electron chi connectivity index (χ0n) is 27.7. The zero-order chi connectivity index (χ0) is 34.6. The van der Waals surface area contributed by atoms with Crippen LogP contribution in [0.25, 0.3) is 10.4 Å². The second kappa shape index (κ2) is 17.8. The minimum absolute atomic E-state index is 0.113. The topological polar surface area (TPSA) is 157 Å². The van der Waals surface area contributed by atoms with Gasteiger partial charge in [0.25, 0.3) is 0 Å². The van der Waals surface area contributed by atoms with Crippen molar-refractivity contribution in [3.8, 4) is 5.75 Å². The lowest BCUT2D eigenvalue weighted by Crippen LogP contribution is -2.61. The van der Waals surface area contributed by atoms with Gasteiger partial charge in [-0.2, -0.15) is 0 Å². The fraction of sp³-hybridized carbons (Fsp3) is 0.444. The number of nitrogens with zero attached hydrogens (tertiary/aromatic N) is 3. The third-order valence-electron chi connectivity index (χ3n) is 8.45. The van der Waals surface area contributed by atoms with Crippen LogP contribution in [-0.2, 0) is 51.2 Å². The number of esters is 2. The molecule has 2 aliphatic rings. The summed E-state index contributed by atoms with van der Waals surface area (Å²) in [5.74, 6) is -0.742. The van der Waals surface area contributed by atoms with Crippen molar-refractivity contribution in [3.05, 3.63) is 112 Å². The number of ether oxygens (including phenoxy) is 8. The summed E-state index contributed by atoms with van der Waals surface area (Å²) in [5, 5.41) is 4.00. The molecule has 5 rings (SSSR count). The maximum Gasteiger partial charge on any atom is 0.338 e. The fourth-order valence-electron chi connectivity index (χ4n) is 5.87. The lowest BCUT2D eigenvalue weighted by atomic mass is 9.92. The predicted molar refractivity (Wildman–Crippen MR) is 175 cm³/mol. The van der Waals surface area contributed by atoms with E-state index in [1.54, 1.807) is 37.4 Å². The van der Waals surface area contributed by atoms with Crippen LogP contribution in [0, 0.1) is 5.92 Å². The van der Waals surface area contributed by atoms with Crippen LogP contribution in [-0.4, -0.2) is 82.2 Å². The molecule has 13 heteroatoms. The minimum Gasteiger partial charge on any atom is -0.497 e. The Morgan fingerprint density at radius 3 is 2.29 bits per heavy atom. The van der Waals surface area contributed by atoms with Gasteiger partial charge in [0.1, 0.15) is 18.0 Å². The van der Waals surface area contributed by atoms with Crippen molar-refractivity contribution in [2.75, 3.05) is 27.4 Å². The van der Waals surface area contributed by atoms with Crippen molar-refractivity contribution in [1.29, 1.82) is 0 Å². The van der Waals surface area contributed by atoms with Gasteiger partial charge in [-0.05, 0) is 53.3 Å². The Hall–Kier alpha value is -4.49. The molecule has 3 aromatic carbocycles. The summed E-state index contributed by atoms with van der Waals surface area (Å²) in [5.41, 5.74) is 11.6. The summed E-state index contributed by atoms with van der Waals surface area (Å²) in [7, 11) is 2.85. The van der Waals surface area contributed by atoms with Crippen LogP contribution >= 0.6 is 0 Å². The molecule has 0 amide bonds. The van der Waals surface area contributed by atoms with Crippen molar-refractivity contribution in [1.82, 2.24) is 0 Å². The van der Waals surface area contributed by atoms with Gasteiger partial charge in [0.15, 0.2) is 18.5 Å². The molecule has 2 heterocycles. The molecule has 3 aromatic rings. The molecule has 260 valence electrons. The molecule has 49 heavy (non-hydrogen) atoms. The number of methoxy groups -OCH3 is 2. The molecule has 0 aliphatic carbocycles. The van der Waals surface area contributed by atoms with Crippen LogP contribution in [0.3, 0.4) is 0 Å². The molecule has 0 N–H and O–H groups in total. The van der Waals surface area contributed by atoms with Gasteiger partial charge in [0.05, 0.1) is 58.4 Å². The summed E-state index contributed by atoms with van der Waals surface area (Å²) in [6, 6.07) is 24.7. The maximum absolute atomic E-state index is 13.2. The van der Waals surface area contributed by atoms with E-state index in [-0.39, 0.29) is 25.7 Å². The minimum atomic E-state index is -1.27. The van der Waals surface area contributed by atoms with Crippen LogP contribution in [0.5, 0.6) is 5.75 Å². The van der Waals surface area contributed by atoms with Crippen LogP contribution in [0.1, 0.15) is 34.8 Å². The smallest absolute Gasteiger partial charge is 0.338 e. The van der Waals surface area contributed by atoms with E-state index in [2.05, 4.69) is 10.0 Å². The zero-order valence-corrected chi connectivity index (χ0v) is 27.7. The molecule has 0 saturated carbocycles. The quantitative estimate of drug-likeness (QED) is 0.0937. The van der Waals surface area contributed by atoms with E-state index < -0.39 is 54.8 Å². The maximum atomic E-state index is 13.2. The Balaban J connectivity index is 1.38. The molecule has 2 aliphatic heterocycles. The first kappa shape index (κ1) is 35.8. The number of carbonyl (C=O) groups excluding carboxylic acids is 2. The Bertz CT molecular complexity index is 1540. The third kappa shape index (κ3) is 9.57. The fourth-order valence-corrected chi connectivity index (χ4v) is 5.87. The van der Waals surface area contributed by atoms with Crippen LogP contribution < -0.4 is 4.74 Å². The SMILES string of the molecule is COC(=O)C1OCC(OC(=O)c2ccccc2)C(OCc2ccccc2)C1OC1OC(COCc2ccc(OC)cc2)CC(C)C1N=[N+]=[N-]. The first-order chi connectivity index (χ1) is 23.9. The molecule has 13 nitrogen and oxygen atoms in total. The number of rotatable bonds is 14. The number of hydrogen-bond acceptors (Lipinski definition) is 11. The molecule has 0 bridgehead atoms. The van der Waals surface area contributed by atoms with Gasteiger partial charge in [-0.1, -0.05) is 72.7 Å². The Morgan fingerprint density at radius 2 is 1.61 bits per heavy atom. The van der Waals surface area contributed by atoms with Crippen molar-refractivity contribution in [2.45, 2.75) is 69.4 Å². The highest BCUT2D eigenvalue weighted by molar-refractivity contribution is 5.89. The van der Waals surface area contributed by atoms with E-state index in [0.29, 0.717) is 18.6 Å². The van der Waals surface area contributed by atoms with E-state index in [1.165, 1.54) is 7.11 Å². The van der Waals surface area contributed by atoms with Crippen LogP contribution in [0.4, 0.5) is 0 Å². The summed E-state index contributed by atoms with van der Waals surface area (Å²) >= 11 is 0. The van der Waals surface area contributed by atoms with Crippen molar-refractivity contribution < 1.29 is 47.5 Å². The molecule has 0 spiro atoms. The summed E-state index contributed by atoms with van der Waals surface area (Å²) < 4.78 is 47.4. The summed E-state index contributed by atoms with van der Waals surface area (Å²) in [6.07, 6.45) is -5.48. The highest BCUT2D eigenvalue weighted by Crippen LogP contribution is 2.34. The predicted octanol–water partition coefficient (Wildman–Crippen LogP) is 5.41. The van der Waals surface area contributed by atoms with Crippen LogP contribution in [0.15, 0.2) is 90.0 Å². The lowest BCUT2D eigenvalue weighted by molar-refractivity contribution is -0.295. The molecule has 2 saturated heterocycles. The van der Waals surface area contributed by atoms with Gasteiger partial charge in [0, 0.05) is 4.91 Å². The Morgan fingerprint density at radius 1 is 0.918 bits per heavy atom. The number of carbonyl (C=O) groups is 2. The molecule has 0 radical (unpaired) electrons. The number of benzene rings is 3. The van der Waals surface area contributed by atoms with Crippen LogP contribution in [0.2, 0.25) is 0 Å². The van der Waals surface area contributed by atoms with Crippen molar-refractivity contribution in [3.63, 3.8) is 0 Å². The monoisotopic (exact) mass is 675 g/mol.